The minimum Gasteiger partial charge on any atom is -0.351 e. The van der Waals surface area contributed by atoms with Crippen molar-refractivity contribution in [1.82, 2.24) is 14.9 Å². The molecule has 4 rings (SSSR count). The molecule has 0 radical (unpaired) electrons. The van der Waals surface area contributed by atoms with Crippen LogP contribution >= 0.6 is 11.3 Å². The fraction of sp³-hybridized carbons (Fsp3) is 0.381. The van der Waals surface area contributed by atoms with Gasteiger partial charge in [0.2, 0.25) is 11.9 Å². The van der Waals surface area contributed by atoms with E-state index in [1.54, 1.807) is 6.07 Å². The van der Waals surface area contributed by atoms with Crippen LogP contribution in [0.2, 0.25) is 0 Å². The summed E-state index contributed by atoms with van der Waals surface area (Å²) >= 11 is 1.41. The molecule has 0 atom stereocenters. The van der Waals surface area contributed by atoms with Crippen molar-refractivity contribution in [3.05, 3.63) is 46.7 Å². The minimum absolute atomic E-state index is 0.0695. The summed E-state index contributed by atoms with van der Waals surface area (Å²) in [5, 5.41) is 7.72. The van der Waals surface area contributed by atoms with Crippen LogP contribution in [-0.4, -0.2) is 27.9 Å². The maximum Gasteiger partial charge on any atom is 0.261 e. The van der Waals surface area contributed by atoms with E-state index in [2.05, 4.69) is 26.3 Å². The van der Waals surface area contributed by atoms with E-state index in [9.17, 15) is 9.59 Å². The molecule has 0 bridgehead atoms. The van der Waals surface area contributed by atoms with Crippen molar-refractivity contribution >= 4 is 40.1 Å². The van der Waals surface area contributed by atoms with Crippen molar-refractivity contribution in [1.29, 1.82) is 0 Å². The number of carbonyl (C=O) groups is 2. The molecule has 7 heteroatoms. The fourth-order valence-corrected chi connectivity index (χ4v) is 4.44. The Morgan fingerprint density at radius 2 is 1.96 bits per heavy atom. The first-order chi connectivity index (χ1) is 13.7. The summed E-state index contributed by atoms with van der Waals surface area (Å²) in [5.41, 5.74) is 1.99. The van der Waals surface area contributed by atoms with Crippen LogP contribution in [0.1, 0.15) is 54.2 Å². The quantitative estimate of drug-likeness (QED) is 0.583. The van der Waals surface area contributed by atoms with Gasteiger partial charge < -0.3 is 9.88 Å². The van der Waals surface area contributed by atoms with Gasteiger partial charge in [0.05, 0.1) is 15.9 Å². The fourth-order valence-electron chi connectivity index (χ4n) is 3.80. The molecule has 0 spiro atoms. The largest absolute Gasteiger partial charge is 0.351 e. The molecule has 1 aliphatic carbocycles. The van der Waals surface area contributed by atoms with Crippen molar-refractivity contribution in [3.63, 3.8) is 0 Å². The monoisotopic (exact) mass is 396 g/mol. The second-order valence-electron chi connectivity index (χ2n) is 7.12. The van der Waals surface area contributed by atoms with Gasteiger partial charge in [0, 0.05) is 19.0 Å². The van der Waals surface area contributed by atoms with E-state index in [0.29, 0.717) is 36.3 Å². The third-order valence-electron chi connectivity index (χ3n) is 5.15. The summed E-state index contributed by atoms with van der Waals surface area (Å²) in [4.78, 5) is 29.7. The summed E-state index contributed by atoms with van der Waals surface area (Å²) in [6.45, 7) is 0.475. The van der Waals surface area contributed by atoms with E-state index in [4.69, 9.17) is 0 Å². The van der Waals surface area contributed by atoms with E-state index in [1.807, 2.05) is 29.6 Å². The normalized spacial score (nSPS) is 14.4. The third kappa shape index (κ3) is 4.09. The molecule has 2 aromatic heterocycles. The molecule has 0 saturated heterocycles. The van der Waals surface area contributed by atoms with Crippen LogP contribution in [0.15, 0.2) is 41.8 Å². The van der Waals surface area contributed by atoms with Crippen LogP contribution in [-0.2, 0) is 4.79 Å². The Morgan fingerprint density at radius 1 is 1.14 bits per heavy atom. The maximum atomic E-state index is 12.5. The van der Waals surface area contributed by atoms with Gasteiger partial charge in [-0.1, -0.05) is 31.0 Å². The molecular weight excluding hydrogens is 372 g/mol. The molecular formula is C21H24N4O2S. The summed E-state index contributed by atoms with van der Waals surface area (Å²) in [7, 11) is 0. The van der Waals surface area contributed by atoms with Gasteiger partial charge in [-0.3, -0.25) is 14.9 Å². The Labute approximate surface area is 168 Å². The van der Waals surface area contributed by atoms with Gasteiger partial charge in [-0.25, -0.2) is 4.98 Å². The number of amides is 2. The topological polar surface area (TPSA) is 76.0 Å². The molecule has 146 valence electrons. The van der Waals surface area contributed by atoms with Crippen LogP contribution in [0.4, 0.5) is 5.95 Å². The molecule has 28 heavy (non-hydrogen) atoms. The van der Waals surface area contributed by atoms with Crippen molar-refractivity contribution in [2.45, 2.75) is 44.6 Å². The summed E-state index contributed by atoms with van der Waals surface area (Å²) < 4.78 is 2.19. The van der Waals surface area contributed by atoms with E-state index in [0.717, 1.165) is 23.9 Å². The predicted octanol–water partition coefficient (Wildman–Crippen LogP) is 4.36. The average molecular weight is 397 g/mol. The number of anilines is 1. The van der Waals surface area contributed by atoms with Crippen molar-refractivity contribution < 1.29 is 9.59 Å². The Kier molecular flexibility index (Phi) is 5.71. The molecule has 1 aliphatic rings. The highest BCUT2D eigenvalue weighted by Crippen LogP contribution is 2.35. The second kappa shape index (κ2) is 8.56. The van der Waals surface area contributed by atoms with Crippen molar-refractivity contribution in [2.75, 3.05) is 11.9 Å². The first kappa shape index (κ1) is 18.7. The van der Waals surface area contributed by atoms with Gasteiger partial charge in [0.25, 0.3) is 5.91 Å². The molecule has 2 heterocycles. The third-order valence-corrected chi connectivity index (χ3v) is 6.02. The summed E-state index contributed by atoms with van der Waals surface area (Å²) in [6, 6.07) is 12.1. The summed E-state index contributed by atoms with van der Waals surface area (Å²) in [5.74, 6) is 0.485. The summed E-state index contributed by atoms with van der Waals surface area (Å²) in [6.07, 6.45) is 5.62. The van der Waals surface area contributed by atoms with Gasteiger partial charge in [-0.2, -0.15) is 0 Å². The SMILES string of the molecule is O=C(CCCNC(=O)c1cccs1)Nc1nc2ccccc2n1C1CCCC1. The van der Waals surface area contributed by atoms with Crippen molar-refractivity contribution in [3.8, 4) is 0 Å². The zero-order chi connectivity index (χ0) is 19.3. The Bertz CT molecular complexity index is 958. The van der Waals surface area contributed by atoms with Crippen LogP contribution in [0, 0.1) is 0 Å². The standard InChI is InChI=1S/C21H24N4O2S/c26-19(12-5-13-22-20(27)18-11-6-14-28-18)24-21-23-16-9-3-4-10-17(16)25(21)15-7-1-2-8-15/h3-4,6,9-11,14-15H,1-2,5,7-8,12-13H2,(H,22,27)(H,23,24,26). The molecule has 1 saturated carbocycles. The minimum atomic E-state index is -0.0848. The Balaban J connectivity index is 1.36. The number of thiophene rings is 1. The number of rotatable bonds is 7. The number of nitrogens with zero attached hydrogens (tertiary/aromatic N) is 2. The smallest absolute Gasteiger partial charge is 0.261 e. The van der Waals surface area contributed by atoms with Gasteiger partial charge in [0.1, 0.15) is 0 Å². The molecule has 3 aromatic rings. The molecule has 2 amide bonds. The lowest BCUT2D eigenvalue weighted by Gasteiger charge is -2.16. The molecule has 6 nitrogen and oxygen atoms in total. The van der Waals surface area contributed by atoms with E-state index < -0.39 is 0 Å². The first-order valence-corrected chi connectivity index (χ1v) is 10.7. The number of hydrogen-bond donors (Lipinski definition) is 2. The van der Waals surface area contributed by atoms with Gasteiger partial charge in [-0.05, 0) is 42.8 Å². The highest BCUT2D eigenvalue weighted by atomic mass is 32.1. The van der Waals surface area contributed by atoms with Crippen LogP contribution in [0.5, 0.6) is 0 Å². The van der Waals surface area contributed by atoms with Gasteiger partial charge >= 0.3 is 0 Å². The highest BCUT2D eigenvalue weighted by molar-refractivity contribution is 7.12. The average Bonchev–Trinajstić information content (AvgIpc) is 3.45. The lowest BCUT2D eigenvalue weighted by Crippen LogP contribution is -2.25. The second-order valence-corrected chi connectivity index (χ2v) is 8.07. The Hall–Kier alpha value is -2.67. The number of nitrogens with one attached hydrogen (secondary N) is 2. The molecule has 0 unspecified atom stereocenters. The van der Waals surface area contributed by atoms with E-state index >= 15 is 0 Å². The molecule has 0 aliphatic heterocycles. The number of carbonyl (C=O) groups excluding carboxylic acids is 2. The maximum absolute atomic E-state index is 12.5. The van der Waals surface area contributed by atoms with Gasteiger partial charge in [-0.15, -0.1) is 11.3 Å². The van der Waals surface area contributed by atoms with Crippen LogP contribution in [0.25, 0.3) is 11.0 Å². The molecule has 1 fully saturated rings. The number of hydrogen-bond acceptors (Lipinski definition) is 4. The lowest BCUT2D eigenvalue weighted by molar-refractivity contribution is -0.116. The Morgan fingerprint density at radius 3 is 2.75 bits per heavy atom. The number of benzene rings is 1. The number of para-hydroxylation sites is 2. The number of fused-ring (bicyclic) bond motifs is 1. The van der Waals surface area contributed by atoms with Gasteiger partial charge in [0.15, 0.2) is 0 Å². The highest BCUT2D eigenvalue weighted by Gasteiger charge is 2.23. The number of imidazole rings is 1. The predicted molar refractivity (Wildman–Crippen MR) is 112 cm³/mol. The van der Waals surface area contributed by atoms with Crippen molar-refractivity contribution in [2.24, 2.45) is 0 Å². The van der Waals surface area contributed by atoms with Crippen LogP contribution < -0.4 is 10.6 Å². The van der Waals surface area contributed by atoms with E-state index in [1.165, 1.54) is 24.2 Å². The first-order valence-electron chi connectivity index (χ1n) is 9.81. The zero-order valence-electron chi connectivity index (χ0n) is 15.7. The zero-order valence-corrected chi connectivity index (χ0v) is 16.5. The van der Waals surface area contributed by atoms with Crippen LogP contribution in [0.3, 0.4) is 0 Å². The molecule has 1 aromatic carbocycles. The lowest BCUT2D eigenvalue weighted by atomic mass is 10.2. The molecule has 2 N–H and O–H groups in total. The number of aromatic nitrogens is 2. The van der Waals surface area contributed by atoms with E-state index in [-0.39, 0.29) is 11.8 Å².